The van der Waals surface area contributed by atoms with Gasteiger partial charge in [-0.2, -0.15) is 0 Å². The van der Waals surface area contributed by atoms with Crippen LogP contribution in [0.15, 0.2) is 54.6 Å². The van der Waals surface area contributed by atoms with Gasteiger partial charge in [0.05, 0.1) is 25.7 Å². The average Bonchev–Trinajstić information content (AvgIpc) is 2.95. The number of hydrogen-bond acceptors (Lipinski definition) is 8. The molecule has 3 atom stereocenters. The maximum atomic E-state index is 13.2. The van der Waals surface area contributed by atoms with Gasteiger partial charge < -0.3 is 36.8 Å². The van der Waals surface area contributed by atoms with Gasteiger partial charge in [-0.05, 0) is 48.9 Å². The number of aromatic hydroxyl groups is 1. The smallest absolute Gasteiger partial charge is 0.328 e. The van der Waals surface area contributed by atoms with E-state index in [-0.39, 0.29) is 31.1 Å². The van der Waals surface area contributed by atoms with Crippen LogP contribution in [0.2, 0.25) is 0 Å². The molecule has 0 aromatic heterocycles. The lowest BCUT2D eigenvalue weighted by atomic mass is 10.0. The van der Waals surface area contributed by atoms with Crippen LogP contribution in [0.3, 0.4) is 0 Å². The molecule has 4 amide bonds. The fourth-order valence-corrected chi connectivity index (χ4v) is 4.02. The maximum Gasteiger partial charge on any atom is 0.328 e. The highest BCUT2D eigenvalue weighted by molar-refractivity contribution is 5.93. The predicted octanol–water partition coefficient (Wildman–Crippen LogP) is 0.316. The second kappa shape index (κ2) is 17.4. The number of nitrogens with two attached hydrogens (primary N) is 1. The summed E-state index contributed by atoms with van der Waals surface area (Å²) in [4.78, 5) is 62.9. The molecular weight excluding hydrogens is 542 g/mol. The fraction of sp³-hybridized carbons (Fsp3) is 0.433. The number of benzene rings is 2. The van der Waals surface area contributed by atoms with Gasteiger partial charge in [-0.3, -0.25) is 19.2 Å². The van der Waals surface area contributed by atoms with Gasteiger partial charge >= 0.3 is 5.97 Å². The number of phenols is 1. The first-order valence-electron chi connectivity index (χ1n) is 13.9. The molecule has 0 unspecified atom stereocenters. The van der Waals surface area contributed by atoms with E-state index in [4.69, 9.17) is 10.5 Å². The average molecular weight is 584 g/mol. The second-order valence-corrected chi connectivity index (χ2v) is 10.2. The van der Waals surface area contributed by atoms with Crippen LogP contribution in [0.25, 0.3) is 0 Å². The minimum absolute atomic E-state index is 0.0940. The molecule has 0 fully saturated rings. The Bertz CT molecular complexity index is 1190. The Labute approximate surface area is 245 Å². The number of carbonyl (C=O) groups excluding carboxylic acids is 5. The summed E-state index contributed by atoms with van der Waals surface area (Å²) in [6, 6.07) is 12.5. The van der Waals surface area contributed by atoms with E-state index in [1.165, 1.54) is 12.1 Å². The van der Waals surface area contributed by atoms with E-state index in [9.17, 15) is 29.1 Å². The van der Waals surface area contributed by atoms with Gasteiger partial charge in [0.25, 0.3) is 0 Å². The van der Waals surface area contributed by atoms with Crippen LogP contribution in [0.5, 0.6) is 5.75 Å². The van der Waals surface area contributed by atoms with Crippen molar-refractivity contribution in [1.82, 2.24) is 21.3 Å². The first kappa shape index (κ1) is 33.8. The Morgan fingerprint density at radius 3 is 2.02 bits per heavy atom. The summed E-state index contributed by atoms with van der Waals surface area (Å²) >= 11 is 0. The number of amides is 4. The third-order valence-corrected chi connectivity index (χ3v) is 6.13. The number of ether oxygens (including phenoxy) is 1. The Morgan fingerprint density at radius 1 is 0.786 bits per heavy atom. The highest BCUT2D eigenvalue weighted by atomic mass is 16.5. The third-order valence-electron chi connectivity index (χ3n) is 6.13. The van der Waals surface area contributed by atoms with Crippen molar-refractivity contribution in [1.29, 1.82) is 0 Å². The summed E-state index contributed by atoms with van der Waals surface area (Å²) in [5.41, 5.74) is 7.42. The van der Waals surface area contributed by atoms with Crippen LogP contribution in [0.1, 0.15) is 38.3 Å². The predicted molar refractivity (Wildman–Crippen MR) is 156 cm³/mol. The Morgan fingerprint density at radius 2 is 1.40 bits per heavy atom. The van der Waals surface area contributed by atoms with Crippen LogP contribution in [-0.2, 0) is 41.6 Å². The van der Waals surface area contributed by atoms with E-state index in [1.54, 1.807) is 43.3 Å². The molecule has 42 heavy (non-hydrogen) atoms. The lowest BCUT2D eigenvalue weighted by Gasteiger charge is -2.24. The third kappa shape index (κ3) is 12.4. The van der Waals surface area contributed by atoms with Crippen molar-refractivity contribution in [2.24, 2.45) is 11.7 Å². The van der Waals surface area contributed by atoms with E-state index in [2.05, 4.69) is 21.3 Å². The molecule has 0 aliphatic rings. The van der Waals surface area contributed by atoms with E-state index < -0.39 is 60.8 Å². The van der Waals surface area contributed by atoms with E-state index in [1.807, 2.05) is 19.9 Å². The second-order valence-electron chi connectivity index (χ2n) is 10.2. The van der Waals surface area contributed by atoms with Gasteiger partial charge in [-0.1, -0.05) is 56.3 Å². The van der Waals surface area contributed by atoms with Crippen LogP contribution >= 0.6 is 0 Å². The number of carbonyl (C=O) groups is 5. The molecular formula is C30H41N5O7. The van der Waals surface area contributed by atoms with Crippen molar-refractivity contribution in [2.75, 3.05) is 19.7 Å². The number of nitrogens with one attached hydrogen (secondary N) is 4. The molecule has 0 bridgehead atoms. The van der Waals surface area contributed by atoms with Gasteiger partial charge in [0.15, 0.2) is 0 Å². The molecule has 0 saturated carbocycles. The van der Waals surface area contributed by atoms with Crippen molar-refractivity contribution in [2.45, 2.75) is 58.2 Å². The quantitative estimate of drug-likeness (QED) is 0.152. The summed E-state index contributed by atoms with van der Waals surface area (Å²) in [5.74, 6) is -2.74. The molecule has 12 nitrogen and oxygen atoms in total. The lowest BCUT2D eigenvalue weighted by molar-refractivity contribution is -0.148. The molecule has 228 valence electrons. The van der Waals surface area contributed by atoms with Gasteiger partial charge in [0.1, 0.15) is 17.8 Å². The molecule has 0 saturated heterocycles. The van der Waals surface area contributed by atoms with Crippen molar-refractivity contribution >= 4 is 29.6 Å². The normalized spacial score (nSPS) is 12.9. The minimum Gasteiger partial charge on any atom is -0.508 e. The van der Waals surface area contributed by atoms with Crippen molar-refractivity contribution < 1.29 is 33.8 Å². The highest BCUT2D eigenvalue weighted by Crippen LogP contribution is 2.11. The Hall–Kier alpha value is -4.45. The number of rotatable bonds is 16. The van der Waals surface area contributed by atoms with E-state index in [0.717, 1.165) is 11.1 Å². The lowest BCUT2D eigenvalue weighted by Crippen LogP contribution is -2.54. The zero-order chi connectivity index (χ0) is 31.1. The maximum absolute atomic E-state index is 13.2. The summed E-state index contributed by atoms with van der Waals surface area (Å²) in [7, 11) is 0. The molecule has 2 aromatic carbocycles. The highest BCUT2D eigenvalue weighted by Gasteiger charge is 2.28. The van der Waals surface area contributed by atoms with Gasteiger partial charge in [-0.15, -0.1) is 0 Å². The summed E-state index contributed by atoms with van der Waals surface area (Å²) < 4.78 is 5.10. The van der Waals surface area contributed by atoms with Crippen LogP contribution in [0.4, 0.5) is 0 Å². The SMILES string of the molecule is CCOC(=O)[C@H](CC(C)C)NC(=O)[C@H](Cc1ccccc1)NC(=O)CNC(=O)CNC(=O)[C@@H](N)Cc1ccc(O)cc1. The largest absolute Gasteiger partial charge is 0.508 e. The van der Waals surface area contributed by atoms with Crippen molar-refractivity contribution in [3.63, 3.8) is 0 Å². The van der Waals surface area contributed by atoms with Crippen molar-refractivity contribution in [3.05, 3.63) is 65.7 Å². The molecule has 7 N–H and O–H groups in total. The molecule has 0 aliphatic carbocycles. The number of phenolic OH excluding ortho intramolecular Hbond substituents is 1. The first-order chi connectivity index (χ1) is 20.0. The number of hydrogen-bond donors (Lipinski definition) is 6. The molecule has 0 aliphatic heterocycles. The van der Waals surface area contributed by atoms with Crippen LogP contribution in [-0.4, -0.2) is 72.5 Å². The topological polar surface area (TPSA) is 189 Å². The van der Waals surface area contributed by atoms with E-state index >= 15 is 0 Å². The molecule has 0 radical (unpaired) electrons. The standard InChI is InChI=1S/C30H41N5O7/c1-4-42-30(41)25(14-19(2)3)35-29(40)24(16-20-8-6-5-7-9-20)34-27(38)18-32-26(37)17-33-28(39)23(31)15-21-10-12-22(36)13-11-21/h5-13,19,23-25,36H,4,14-18,31H2,1-3H3,(H,32,37)(H,33,39)(H,34,38)(H,35,40)/t23-,24-,25-/m0/s1. The summed E-state index contributed by atoms with van der Waals surface area (Å²) in [6.07, 6.45) is 0.713. The summed E-state index contributed by atoms with van der Waals surface area (Å²) in [6.45, 7) is 4.82. The van der Waals surface area contributed by atoms with Gasteiger partial charge in [0, 0.05) is 6.42 Å². The zero-order valence-corrected chi connectivity index (χ0v) is 24.2. The van der Waals surface area contributed by atoms with E-state index in [0.29, 0.717) is 6.42 Å². The minimum atomic E-state index is -1.03. The zero-order valence-electron chi connectivity index (χ0n) is 24.2. The molecule has 12 heteroatoms. The fourth-order valence-electron chi connectivity index (χ4n) is 4.02. The molecule has 0 heterocycles. The monoisotopic (exact) mass is 583 g/mol. The molecule has 2 aromatic rings. The van der Waals surface area contributed by atoms with Crippen LogP contribution in [0, 0.1) is 5.92 Å². The molecule has 0 spiro atoms. The first-order valence-corrected chi connectivity index (χ1v) is 13.9. The Balaban J connectivity index is 1.92. The Kier molecular flexibility index (Phi) is 14.0. The van der Waals surface area contributed by atoms with Gasteiger partial charge in [-0.25, -0.2) is 4.79 Å². The summed E-state index contributed by atoms with van der Waals surface area (Å²) in [5, 5.41) is 19.5. The van der Waals surface area contributed by atoms with Gasteiger partial charge in [0.2, 0.25) is 23.6 Å². The molecule has 2 rings (SSSR count). The number of esters is 1. The van der Waals surface area contributed by atoms with Crippen LogP contribution < -0.4 is 27.0 Å². The van der Waals surface area contributed by atoms with Crippen molar-refractivity contribution in [3.8, 4) is 5.75 Å².